The van der Waals surface area contributed by atoms with E-state index in [4.69, 9.17) is 10.7 Å². The predicted octanol–water partition coefficient (Wildman–Crippen LogP) is 2.52. The Morgan fingerprint density at radius 2 is 1.79 bits per heavy atom. The van der Waals surface area contributed by atoms with E-state index in [1.54, 1.807) is 12.1 Å². The lowest BCUT2D eigenvalue weighted by atomic mass is 10.1. The molecular formula is C9H10ClFO2S. The maximum atomic E-state index is 11.8. The highest BCUT2D eigenvalue weighted by Gasteiger charge is 2.08. The molecule has 2 nitrogen and oxygen atoms in total. The molecule has 1 rings (SSSR count). The summed E-state index contributed by atoms with van der Waals surface area (Å²) in [7, 11) is 1.49. The molecule has 0 aliphatic rings. The Morgan fingerprint density at radius 1 is 1.21 bits per heavy atom. The van der Waals surface area contributed by atoms with Crippen LogP contribution >= 0.6 is 10.7 Å². The first-order valence-electron chi connectivity index (χ1n) is 4.13. The van der Waals surface area contributed by atoms with Crippen molar-refractivity contribution in [2.45, 2.75) is 17.7 Å². The summed E-state index contributed by atoms with van der Waals surface area (Å²) < 4.78 is 33.6. The van der Waals surface area contributed by atoms with E-state index in [1.165, 1.54) is 12.1 Å². The van der Waals surface area contributed by atoms with E-state index in [0.29, 0.717) is 12.8 Å². The van der Waals surface area contributed by atoms with Gasteiger partial charge in [-0.1, -0.05) is 12.1 Å². The van der Waals surface area contributed by atoms with Gasteiger partial charge < -0.3 is 0 Å². The molecule has 0 fully saturated rings. The largest absolute Gasteiger partial charge is 0.261 e. The van der Waals surface area contributed by atoms with Gasteiger partial charge in [0.05, 0.1) is 11.6 Å². The van der Waals surface area contributed by atoms with E-state index in [-0.39, 0.29) is 11.6 Å². The smallest absolute Gasteiger partial charge is 0.251 e. The molecule has 0 spiro atoms. The van der Waals surface area contributed by atoms with E-state index >= 15 is 0 Å². The van der Waals surface area contributed by atoms with Crippen LogP contribution in [0.1, 0.15) is 12.0 Å². The number of halogens is 2. The Bertz CT molecular complexity index is 386. The van der Waals surface area contributed by atoms with Gasteiger partial charge in [-0.2, -0.15) is 0 Å². The average Bonchev–Trinajstić information content (AvgIpc) is 2.14. The summed E-state index contributed by atoms with van der Waals surface area (Å²) in [5.74, 6) is 0. The normalized spacial score (nSPS) is 11.6. The highest BCUT2D eigenvalue weighted by Crippen LogP contribution is 2.15. The van der Waals surface area contributed by atoms with Gasteiger partial charge in [0, 0.05) is 10.7 Å². The Labute approximate surface area is 87.1 Å². The maximum absolute atomic E-state index is 11.8. The van der Waals surface area contributed by atoms with Crippen molar-refractivity contribution in [2.24, 2.45) is 0 Å². The highest BCUT2D eigenvalue weighted by molar-refractivity contribution is 8.13. The summed E-state index contributed by atoms with van der Waals surface area (Å²) in [6.07, 6.45) is 1.06. The molecule has 78 valence electrons. The van der Waals surface area contributed by atoms with Gasteiger partial charge in [0.2, 0.25) is 0 Å². The summed E-state index contributed by atoms with van der Waals surface area (Å²) in [5, 5.41) is 0. The monoisotopic (exact) mass is 236 g/mol. The lowest BCUT2D eigenvalue weighted by Crippen LogP contribution is -1.92. The van der Waals surface area contributed by atoms with Gasteiger partial charge >= 0.3 is 0 Å². The molecule has 1 aromatic carbocycles. The second-order valence-electron chi connectivity index (χ2n) is 2.87. The second-order valence-corrected chi connectivity index (χ2v) is 5.44. The van der Waals surface area contributed by atoms with Gasteiger partial charge in [-0.25, -0.2) is 8.42 Å². The standard InChI is InChI=1S/C9H10ClFO2S/c10-14(12,13)9-5-3-8(4-6-9)2-1-7-11/h3-6H,1-2,7H2. The fourth-order valence-corrected chi connectivity index (χ4v) is 1.86. The SMILES string of the molecule is O=S(=O)(Cl)c1ccc(CCCF)cc1. The topological polar surface area (TPSA) is 34.1 Å². The summed E-state index contributed by atoms with van der Waals surface area (Å²) in [5.41, 5.74) is 0.909. The van der Waals surface area contributed by atoms with Crippen LogP contribution in [0.15, 0.2) is 29.2 Å². The first-order chi connectivity index (χ1) is 6.54. The number of aryl methyl sites for hydroxylation is 1. The Balaban J connectivity index is 2.79. The van der Waals surface area contributed by atoms with Gasteiger partial charge in [-0.3, -0.25) is 4.39 Å². The van der Waals surface area contributed by atoms with Gasteiger partial charge in [-0.05, 0) is 30.5 Å². The van der Waals surface area contributed by atoms with Crippen LogP contribution in [0.3, 0.4) is 0 Å². The molecular weight excluding hydrogens is 227 g/mol. The first kappa shape index (κ1) is 11.5. The molecule has 0 N–H and O–H groups in total. The Kier molecular flexibility index (Phi) is 3.89. The van der Waals surface area contributed by atoms with E-state index in [0.717, 1.165) is 5.56 Å². The predicted molar refractivity (Wildman–Crippen MR) is 53.8 cm³/mol. The number of hydrogen-bond donors (Lipinski definition) is 0. The molecule has 0 saturated heterocycles. The highest BCUT2D eigenvalue weighted by atomic mass is 35.7. The summed E-state index contributed by atoms with van der Waals surface area (Å²) in [6.45, 7) is -0.366. The number of alkyl halides is 1. The average molecular weight is 237 g/mol. The van der Waals surface area contributed by atoms with Crippen LogP contribution < -0.4 is 0 Å². The van der Waals surface area contributed by atoms with Crippen molar-refractivity contribution < 1.29 is 12.8 Å². The summed E-state index contributed by atoms with van der Waals surface area (Å²) in [4.78, 5) is 0.0724. The van der Waals surface area contributed by atoms with Crippen molar-refractivity contribution in [3.05, 3.63) is 29.8 Å². The molecule has 0 saturated carbocycles. The van der Waals surface area contributed by atoms with Crippen molar-refractivity contribution in [2.75, 3.05) is 6.67 Å². The molecule has 0 amide bonds. The van der Waals surface area contributed by atoms with E-state index in [2.05, 4.69) is 0 Å². The van der Waals surface area contributed by atoms with E-state index in [1.807, 2.05) is 0 Å². The number of hydrogen-bond acceptors (Lipinski definition) is 2. The van der Waals surface area contributed by atoms with E-state index in [9.17, 15) is 12.8 Å². The second kappa shape index (κ2) is 4.75. The van der Waals surface area contributed by atoms with Crippen LogP contribution in [0.5, 0.6) is 0 Å². The molecule has 0 radical (unpaired) electrons. The lowest BCUT2D eigenvalue weighted by Gasteiger charge is -2.00. The molecule has 0 aromatic heterocycles. The maximum Gasteiger partial charge on any atom is 0.261 e. The molecule has 0 aliphatic carbocycles. The van der Waals surface area contributed by atoms with Gasteiger partial charge in [0.25, 0.3) is 9.05 Å². The number of benzene rings is 1. The third-order valence-electron chi connectivity index (χ3n) is 1.80. The van der Waals surface area contributed by atoms with Crippen LogP contribution in [0.4, 0.5) is 4.39 Å². The van der Waals surface area contributed by atoms with E-state index < -0.39 is 9.05 Å². The molecule has 5 heteroatoms. The quantitative estimate of drug-likeness (QED) is 0.753. The van der Waals surface area contributed by atoms with Crippen molar-refractivity contribution >= 4 is 19.7 Å². The zero-order valence-electron chi connectivity index (χ0n) is 7.41. The zero-order valence-corrected chi connectivity index (χ0v) is 8.98. The minimum atomic E-state index is -3.64. The van der Waals surface area contributed by atoms with Crippen LogP contribution in [0, 0.1) is 0 Å². The fraction of sp³-hybridized carbons (Fsp3) is 0.333. The minimum Gasteiger partial charge on any atom is -0.251 e. The summed E-state index contributed by atoms with van der Waals surface area (Å²) >= 11 is 0. The fourth-order valence-electron chi connectivity index (χ4n) is 1.09. The molecule has 0 heterocycles. The van der Waals surface area contributed by atoms with Crippen molar-refractivity contribution in [1.82, 2.24) is 0 Å². The van der Waals surface area contributed by atoms with Crippen molar-refractivity contribution in [3.63, 3.8) is 0 Å². The third-order valence-corrected chi connectivity index (χ3v) is 3.17. The molecule has 0 bridgehead atoms. The van der Waals surface area contributed by atoms with Gasteiger partial charge in [-0.15, -0.1) is 0 Å². The minimum absolute atomic E-state index is 0.0724. The molecule has 1 aromatic rings. The molecule has 0 atom stereocenters. The first-order valence-corrected chi connectivity index (χ1v) is 6.44. The van der Waals surface area contributed by atoms with Crippen LogP contribution in [0.25, 0.3) is 0 Å². The van der Waals surface area contributed by atoms with Crippen LogP contribution in [-0.2, 0) is 15.5 Å². The molecule has 0 unspecified atom stereocenters. The molecule has 14 heavy (non-hydrogen) atoms. The Morgan fingerprint density at radius 3 is 2.21 bits per heavy atom. The lowest BCUT2D eigenvalue weighted by molar-refractivity contribution is 0.473. The molecule has 0 aliphatic heterocycles. The van der Waals surface area contributed by atoms with Gasteiger partial charge in [0.1, 0.15) is 0 Å². The van der Waals surface area contributed by atoms with Crippen molar-refractivity contribution in [3.8, 4) is 0 Å². The Hall–Kier alpha value is -0.610. The van der Waals surface area contributed by atoms with Crippen LogP contribution in [0.2, 0.25) is 0 Å². The number of rotatable bonds is 4. The summed E-state index contributed by atoms with van der Waals surface area (Å²) in [6, 6.07) is 6.14. The van der Waals surface area contributed by atoms with Crippen LogP contribution in [-0.4, -0.2) is 15.1 Å². The zero-order chi connectivity index (χ0) is 10.6. The van der Waals surface area contributed by atoms with Gasteiger partial charge in [0.15, 0.2) is 0 Å². The van der Waals surface area contributed by atoms with Crippen molar-refractivity contribution in [1.29, 1.82) is 0 Å². The third kappa shape index (κ3) is 3.27.